The van der Waals surface area contributed by atoms with Crippen LogP contribution in [0, 0.1) is 6.92 Å². The number of amides is 1. The number of nitrogens with zero attached hydrogens (tertiary/aromatic N) is 2. The molecule has 5 nitrogen and oxygen atoms in total. The Morgan fingerprint density at radius 3 is 2.43 bits per heavy atom. The number of aromatic amines is 1. The molecule has 6 heteroatoms. The zero-order valence-electron chi connectivity index (χ0n) is 15.7. The first-order valence-corrected chi connectivity index (χ1v) is 9.79. The van der Waals surface area contributed by atoms with Gasteiger partial charge in [0.05, 0.1) is 17.1 Å². The van der Waals surface area contributed by atoms with Crippen LogP contribution in [0.5, 0.6) is 0 Å². The predicted octanol–water partition coefficient (Wildman–Crippen LogP) is 3.77. The van der Waals surface area contributed by atoms with Crippen LogP contribution in [0.2, 0.25) is 5.02 Å². The topological polar surface area (TPSA) is 56.4 Å². The van der Waals surface area contributed by atoms with Crippen molar-refractivity contribution >= 4 is 34.2 Å². The van der Waals surface area contributed by atoms with E-state index in [2.05, 4.69) is 9.88 Å². The number of aryl methyl sites for hydroxylation is 1. The van der Waals surface area contributed by atoms with Crippen molar-refractivity contribution < 1.29 is 9.59 Å². The quantitative estimate of drug-likeness (QED) is 0.684. The van der Waals surface area contributed by atoms with Gasteiger partial charge < -0.3 is 9.88 Å². The van der Waals surface area contributed by atoms with Crippen LogP contribution in [0.1, 0.15) is 26.4 Å². The number of Topliss-reactive ketones (excluding diaryl/α,β-unsaturated/α-hetero) is 1. The van der Waals surface area contributed by atoms with Gasteiger partial charge in [0.1, 0.15) is 0 Å². The molecule has 0 unspecified atom stereocenters. The molecule has 0 atom stereocenters. The summed E-state index contributed by atoms with van der Waals surface area (Å²) in [4.78, 5) is 32.8. The molecular formula is C22H22ClN3O2. The second-order valence-electron chi connectivity index (χ2n) is 7.14. The first-order valence-electron chi connectivity index (χ1n) is 9.41. The van der Waals surface area contributed by atoms with Gasteiger partial charge in [-0.2, -0.15) is 0 Å². The summed E-state index contributed by atoms with van der Waals surface area (Å²) in [6, 6.07) is 15.0. The third-order valence-corrected chi connectivity index (χ3v) is 5.63. The number of carbonyl (C=O) groups is 2. The number of hydrogen-bond donors (Lipinski definition) is 1. The van der Waals surface area contributed by atoms with E-state index in [4.69, 9.17) is 11.6 Å². The van der Waals surface area contributed by atoms with Crippen LogP contribution in [0.15, 0.2) is 48.5 Å². The van der Waals surface area contributed by atoms with Gasteiger partial charge in [0.2, 0.25) is 0 Å². The zero-order chi connectivity index (χ0) is 19.7. The van der Waals surface area contributed by atoms with E-state index in [0.717, 1.165) is 22.2 Å². The molecule has 0 bridgehead atoms. The van der Waals surface area contributed by atoms with E-state index in [-0.39, 0.29) is 11.7 Å². The fourth-order valence-electron chi connectivity index (χ4n) is 3.83. The van der Waals surface area contributed by atoms with E-state index in [1.54, 1.807) is 17.0 Å². The van der Waals surface area contributed by atoms with Crippen molar-refractivity contribution in [2.75, 3.05) is 32.7 Å². The summed E-state index contributed by atoms with van der Waals surface area (Å²) in [7, 11) is 0. The summed E-state index contributed by atoms with van der Waals surface area (Å²) in [5.41, 5.74) is 3.19. The van der Waals surface area contributed by atoms with Crippen molar-refractivity contribution in [3.8, 4) is 0 Å². The van der Waals surface area contributed by atoms with Crippen LogP contribution < -0.4 is 0 Å². The minimum atomic E-state index is -0.0518. The Balaban J connectivity index is 1.40. The summed E-state index contributed by atoms with van der Waals surface area (Å²) in [6.45, 7) is 4.81. The Morgan fingerprint density at radius 1 is 1.00 bits per heavy atom. The number of benzene rings is 2. The van der Waals surface area contributed by atoms with Crippen LogP contribution >= 0.6 is 11.6 Å². The maximum absolute atomic E-state index is 12.9. The summed E-state index contributed by atoms with van der Waals surface area (Å²) in [5, 5.41) is 1.44. The van der Waals surface area contributed by atoms with Gasteiger partial charge in [-0.25, -0.2) is 0 Å². The standard InChI is InChI=1S/C22H22ClN3O2/c1-15-21(17-7-3-5-9-19(17)24-15)20(27)14-25-10-12-26(13-11-25)22(28)16-6-2-4-8-18(16)23/h2-9,24H,10-14H2,1H3. The van der Waals surface area contributed by atoms with E-state index in [9.17, 15) is 9.59 Å². The van der Waals surface area contributed by atoms with Gasteiger partial charge in [0.15, 0.2) is 5.78 Å². The number of ketones is 1. The highest BCUT2D eigenvalue weighted by molar-refractivity contribution is 6.33. The largest absolute Gasteiger partial charge is 0.358 e. The lowest BCUT2D eigenvalue weighted by atomic mass is 10.1. The molecule has 1 aliphatic rings. The van der Waals surface area contributed by atoms with E-state index < -0.39 is 0 Å². The fourth-order valence-corrected chi connectivity index (χ4v) is 4.05. The molecule has 0 saturated carbocycles. The first kappa shape index (κ1) is 18.7. The highest BCUT2D eigenvalue weighted by atomic mass is 35.5. The molecule has 0 aliphatic carbocycles. The lowest BCUT2D eigenvalue weighted by Crippen LogP contribution is -2.50. The number of fused-ring (bicyclic) bond motifs is 1. The molecule has 1 aromatic heterocycles. The van der Waals surface area contributed by atoms with Crippen LogP contribution in [-0.2, 0) is 0 Å². The molecule has 1 N–H and O–H groups in total. The minimum Gasteiger partial charge on any atom is -0.358 e. The lowest BCUT2D eigenvalue weighted by molar-refractivity contribution is 0.0625. The van der Waals surface area contributed by atoms with Crippen molar-refractivity contribution in [1.29, 1.82) is 0 Å². The van der Waals surface area contributed by atoms with E-state index in [0.29, 0.717) is 43.3 Å². The number of carbonyl (C=O) groups excluding carboxylic acids is 2. The number of halogens is 1. The van der Waals surface area contributed by atoms with Crippen molar-refractivity contribution in [1.82, 2.24) is 14.8 Å². The minimum absolute atomic E-state index is 0.0518. The molecule has 1 saturated heterocycles. The SMILES string of the molecule is Cc1[nH]c2ccccc2c1C(=O)CN1CCN(C(=O)c2ccccc2Cl)CC1. The Labute approximate surface area is 168 Å². The lowest BCUT2D eigenvalue weighted by Gasteiger charge is -2.34. The molecule has 1 aliphatic heterocycles. The number of para-hydroxylation sites is 1. The van der Waals surface area contributed by atoms with Crippen molar-refractivity contribution in [3.05, 3.63) is 70.4 Å². The summed E-state index contributed by atoms with van der Waals surface area (Å²) < 4.78 is 0. The van der Waals surface area contributed by atoms with E-state index >= 15 is 0 Å². The number of aromatic nitrogens is 1. The van der Waals surface area contributed by atoms with E-state index in [1.807, 2.05) is 43.3 Å². The summed E-state index contributed by atoms with van der Waals surface area (Å²) >= 11 is 6.15. The zero-order valence-corrected chi connectivity index (χ0v) is 16.5. The van der Waals surface area contributed by atoms with Crippen molar-refractivity contribution in [2.45, 2.75) is 6.92 Å². The molecular weight excluding hydrogens is 374 g/mol. The molecule has 4 rings (SSSR count). The Kier molecular flexibility index (Phi) is 5.20. The van der Waals surface area contributed by atoms with Gasteiger partial charge in [-0.1, -0.05) is 41.9 Å². The Morgan fingerprint density at radius 2 is 1.68 bits per heavy atom. The van der Waals surface area contributed by atoms with Crippen LogP contribution in [-0.4, -0.2) is 59.2 Å². The molecule has 2 aromatic carbocycles. The maximum atomic E-state index is 12.9. The second-order valence-corrected chi connectivity index (χ2v) is 7.55. The molecule has 3 aromatic rings. The maximum Gasteiger partial charge on any atom is 0.255 e. The molecule has 0 spiro atoms. The third-order valence-electron chi connectivity index (χ3n) is 5.30. The highest BCUT2D eigenvalue weighted by Crippen LogP contribution is 2.23. The monoisotopic (exact) mass is 395 g/mol. The molecule has 1 fully saturated rings. The normalized spacial score (nSPS) is 15.1. The average molecular weight is 396 g/mol. The van der Waals surface area contributed by atoms with Crippen LogP contribution in [0.25, 0.3) is 10.9 Å². The number of hydrogen-bond acceptors (Lipinski definition) is 3. The molecule has 1 amide bonds. The molecule has 0 radical (unpaired) electrons. The van der Waals surface area contributed by atoms with Crippen molar-refractivity contribution in [2.24, 2.45) is 0 Å². The first-order chi connectivity index (χ1) is 13.5. The van der Waals surface area contributed by atoms with Crippen molar-refractivity contribution in [3.63, 3.8) is 0 Å². The smallest absolute Gasteiger partial charge is 0.255 e. The summed E-state index contributed by atoms with van der Waals surface area (Å²) in [5.74, 6) is 0.0601. The number of piperazine rings is 1. The van der Waals surface area contributed by atoms with Gasteiger partial charge in [0.25, 0.3) is 5.91 Å². The van der Waals surface area contributed by atoms with Crippen LogP contribution in [0.4, 0.5) is 0 Å². The Bertz CT molecular complexity index is 1040. The van der Waals surface area contributed by atoms with E-state index in [1.165, 1.54) is 0 Å². The number of nitrogens with one attached hydrogen (secondary N) is 1. The highest BCUT2D eigenvalue weighted by Gasteiger charge is 2.25. The summed E-state index contributed by atoms with van der Waals surface area (Å²) in [6.07, 6.45) is 0. The number of H-pyrrole nitrogens is 1. The Hall–Kier alpha value is -2.63. The fraction of sp³-hybridized carbons (Fsp3) is 0.273. The van der Waals surface area contributed by atoms with Gasteiger partial charge in [-0.3, -0.25) is 14.5 Å². The van der Waals surface area contributed by atoms with Crippen LogP contribution in [0.3, 0.4) is 0 Å². The molecule has 2 heterocycles. The predicted molar refractivity (Wildman–Crippen MR) is 111 cm³/mol. The van der Waals surface area contributed by atoms with Gasteiger partial charge in [-0.15, -0.1) is 0 Å². The third kappa shape index (κ3) is 3.55. The average Bonchev–Trinajstić information content (AvgIpc) is 3.04. The second kappa shape index (κ2) is 7.78. The van der Waals surface area contributed by atoms with Gasteiger partial charge in [0, 0.05) is 48.3 Å². The molecule has 144 valence electrons. The number of rotatable bonds is 4. The molecule has 28 heavy (non-hydrogen) atoms. The van der Waals surface area contributed by atoms with Gasteiger partial charge >= 0.3 is 0 Å². The van der Waals surface area contributed by atoms with Gasteiger partial charge in [-0.05, 0) is 25.1 Å².